The van der Waals surface area contributed by atoms with E-state index in [1.54, 1.807) is 25.1 Å². The van der Waals surface area contributed by atoms with Crippen molar-refractivity contribution < 1.29 is 29.0 Å². The van der Waals surface area contributed by atoms with Crippen LogP contribution in [-0.4, -0.2) is 41.3 Å². The van der Waals surface area contributed by atoms with Gasteiger partial charge in [0.15, 0.2) is 11.5 Å². The molecule has 27 heavy (non-hydrogen) atoms. The lowest BCUT2D eigenvalue weighted by atomic mass is 10.1. The number of hydrogen-bond donors (Lipinski definition) is 0. The Bertz CT molecular complexity index is 794. The molecule has 0 spiro atoms. The molecule has 0 saturated carbocycles. The first-order chi connectivity index (χ1) is 12.8. The monoisotopic (exact) mass is 456 g/mol. The zero-order valence-corrected chi connectivity index (χ0v) is 17.5. The molecule has 0 aliphatic carbocycles. The Hall–Kier alpha value is -2.00. The molecule has 1 aliphatic rings. The van der Waals surface area contributed by atoms with Gasteiger partial charge >= 0.3 is 0 Å². The van der Waals surface area contributed by atoms with Gasteiger partial charge in [0.05, 0.1) is 17.5 Å². The molecule has 1 aliphatic heterocycles. The van der Waals surface area contributed by atoms with Crippen LogP contribution in [0.1, 0.15) is 32.8 Å². The van der Waals surface area contributed by atoms with Gasteiger partial charge < -0.3 is 19.4 Å². The van der Waals surface area contributed by atoms with Gasteiger partial charge in [-0.1, -0.05) is 22.9 Å². The topological polar surface area (TPSA) is 96.0 Å². The van der Waals surface area contributed by atoms with E-state index in [4.69, 9.17) is 9.47 Å². The van der Waals surface area contributed by atoms with Crippen LogP contribution in [-0.2, 0) is 9.59 Å². The van der Waals surface area contributed by atoms with E-state index in [0.29, 0.717) is 33.7 Å². The van der Waals surface area contributed by atoms with E-state index >= 15 is 0 Å². The van der Waals surface area contributed by atoms with Gasteiger partial charge in [0.1, 0.15) is 6.61 Å². The van der Waals surface area contributed by atoms with Crippen LogP contribution >= 0.6 is 27.7 Å². The minimum atomic E-state index is -1.35. The van der Waals surface area contributed by atoms with Crippen LogP contribution in [0.2, 0.25) is 0 Å². The second kappa shape index (κ2) is 9.27. The van der Waals surface area contributed by atoms with Crippen LogP contribution in [0.4, 0.5) is 4.79 Å². The number of rotatable bonds is 8. The number of nitrogens with zero attached hydrogens (tertiary/aromatic N) is 1. The summed E-state index contributed by atoms with van der Waals surface area (Å²) in [6, 6.07) is 3.00. The molecule has 146 valence electrons. The standard InChI is InChI=1S/C18H20BrNO6S/c1-4-10(3)20-17(23)15(27-18(20)24)7-11-6-13(25-5-2)14(8-12(11)19)26-9-16(21)22/h6-8,10H,4-5,9H2,1-3H3,(H,21,22)/p-1/b15-7+/t10-/m1/s1. The molecular formula is C18H19BrNO6S-. The van der Waals surface area contributed by atoms with E-state index in [-0.39, 0.29) is 22.9 Å². The Morgan fingerprint density at radius 2 is 1.96 bits per heavy atom. The number of hydrogen-bond acceptors (Lipinski definition) is 7. The predicted octanol–water partition coefficient (Wildman–Crippen LogP) is 2.81. The van der Waals surface area contributed by atoms with Crippen LogP contribution < -0.4 is 14.6 Å². The fourth-order valence-electron chi connectivity index (χ4n) is 2.36. The van der Waals surface area contributed by atoms with Gasteiger partial charge in [-0.2, -0.15) is 0 Å². The minimum Gasteiger partial charge on any atom is -0.546 e. The zero-order valence-electron chi connectivity index (χ0n) is 15.1. The highest BCUT2D eigenvalue weighted by atomic mass is 79.9. The average Bonchev–Trinajstić information content (AvgIpc) is 2.89. The van der Waals surface area contributed by atoms with Gasteiger partial charge in [-0.25, -0.2) is 0 Å². The van der Waals surface area contributed by atoms with Crippen molar-refractivity contribution >= 4 is 50.9 Å². The number of carboxylic acids is 1. The number of thioether (sulfide) groups is 1. The number of halogens is 1. The summed E-state index contributed by atoms with van der Waals surface area (Å²) in [4.78, 5) is 36.9. The van der Waals surface area contributed by atoms with E-state index in [2.05, 4.69) is 15.9 Å². The third-order valence-corrected chi connectivity index (χ3v) is 5.42. The van der Waals surface area contributed by atoms with Crippen LogP contribution in [0.15, 0.2) is 21.5 Å². The number of imide groups is 1. The normalized spacial score (nSPS) is 16.7. The van der Waals surface area contributed by atoms with Crippen molar-refractivity contribution in [1.29, 1.82) is 0 Å². The van der Waals surface area contributed by atoms with E-state index in [9.17, 15) is 19.5 Å². The van der Waals surface area contributed by atoms with Gasteiger partial charge in [-0.15, -0.1) is 0 Å². The lowest BCUT2D eigenvalue weighted by Crippen LogP contribution is -2.36. The molecule has 0 unspecified atom stereocenters. The number of carboxylic acid groups (broad SMARTS) is 1. The van der Waals surface area contributed by atoms with Crippen LogP contribution in [0.5, 0.6) is 11.5 Å². The Balaban J connectivity index is 2.37. The lowest BCUT2D eigenvalue weighted by Gasteiger charge is -2.19. The third kappa shape index (κ3) is 5.04. The molecule has 1 heterocycles. The molecule has 1 saturated heterocycles. The van der Waals surface area contributed by atoms with E-state index in [0.717, 1.165) is 11.8 Å². The van der Waals surface area contributed by atoms with E-state index < -0.39 is 12.6 Å². The summed E-state index contributed by atoms with van der Waals surface area (Å²) in [5.74, 6) is -1.12. The Kier molecular flexibility index (Phi) is 7.32. The van der Waals surface area contributed by atoms with Crippen molar-refractivity contribution in [3.8, 4) is 11.5 Å². The molecule has 0 radical (unpaired) electrons. The van der Waals surface area contributed by atoms with Gasteiger partial charge in [0.25, 0.3) is 11.1 Å². The van der Waals surface area contributed by atoms with Crippen LogP contribution in [0, 0.1) is 0 Å². The van der Waals surface area contributed by atoms with Crippen molar-refractivity contribution in [2.24, 2.45) is 0 Å². The first-order valence-corrected chi connectivity index (χ1v) is 9.95. The summed E-state index contributed by atoms with van der Waals surface area (Å²) < 4.78 is 11.2. The van der Waals surface area contributed by atoms with E-state index in [1.165, 1.54) is 4.90 Å². The number of carbonyl (C=O) groups excluding carboxylic acids is 3. The maximum atomic E-state index is 12.6. The fraction of sp³-hybridized carbons (Fsp3) is 0.389. The number of amides is 2. The summed E-state index contributed by atoms with van der Waals surface area (Å²) in [6.45, 7) is 5.24. The molecule has 1 aromatic carbocycles. The minimum absolute atomic E-state index is 0.175. The highest BCUT2D eigenvalue weighted by Crippen LogP contribution is 2.38. The summed E-state index contributed by atoms with van der Waals surface area (Å²) in [5.41, 5.74) is 0.605. The van der Waals surface area contributed by atoms with Crippen LogP contribution in [0.25, 0.3) is 6.08 Å². The molecule has 0 aromatic heterocycles. The Morgan fingerprint density at radius 1 is 1.30 bits per heavy atom. The molecule has 7 nitrogen and oxygen atoms in total. The molecule has 0 bridgehead atoms. The lowest BCUT2D eigenvalue weighted by molar-refractivity contribution is -0.307. The first kappa shape index (κ1) is 21.3. The molecule has 1 fully saturated rings. The smallest absolute Gasteiger partial charge is 0.293 e. The van der Waals surface area contributed by atoms with E-state index in [1.807, 2.05) is 13.8 Å². The first-order valence-electron chi connectivity index (χ1n) is 8.34. The van der Waals surface area contributed by atoms with Crippen molar-refractivity contribution in [3.05, 3.63) is 27.1 Å². The average molecular weight is 457 g/mol. The van der Waals surface area contributed by atoms with Crippen molar-refractivity contribution in [1.82, 2.24) is 4.90 Å². The number of aliphatic carboxylic acids is 1. The van der Waals surface area contributed by atoms with Gasteiger partial charge in [-0.05, 0) is 55.8 Å². The second-order valence-corrected chi connectivity index (χ2v) is 7.57. The summed E-state index contributed by atoms with van der Waals surface area (Å²) >= 11 is 4.26. The maximum absolute atomic E-state index is 12.6. The van der Waals surface area contributed by atoms with Crippen molar-refractivity contribution in [3.63, 3.8) is 0 Å². The molecule has 2 rings (SSSR count). The molecule has 1 aromatic rings. The van der Waals surface area contributed by atoms with Crippen molar-refractivity contribution in [2.75, 3.05) is 13.2 Å². The molecule has 9 heteroatoms. The summed E-state index contributed by atoms with van der Waals surface area (Å²) in [6.07, 6.45) is 2.27. The van der Waals surface area contributed by atoms with Crippen molar-refractivity contribution in [2.45, 2.75) is 33.2 Å². The molecule has 2 amide bonds. The van der Waals surface area contributed by atoms with Gasteiger partial charge in [0.2, 0.25) is 0 Å². The number of ether oxygens (including phenoxy) is 2. The SMILES string of the molecule is CCOc1cc(/C=C2/SC(=O)N([C@H](C)CC)C2=O)c(Br)cc1OCC(=O)[O-]. The third-order valence-electron chi connectivity index (χ3n) is 3.85. The second-order valence-electron chi connectivity index (χ2n) is 5.72. The van der Waals surface area contributed by atoms with Gasteiger partial charge in [0, 0.05) is 10.5 Å². The highest BCUT2D eigenvalue weighted by molar-refractivity contribution is 9.10. The maximum Gasteiger partial charge on any atom is 0.293 e. The number of carbonyl (C=O) groups is 3. The predicted molar refractivity (Wildman–Crippen MR) is 103 cm³/mol. The Labute approximate surface area is 169 Å². The largest absolute Gasteiger partial charge is 0.546 e. The Morgan fingerprint density at radius 3 is 2.56 bits per heavy atom. The summed E-state index contributed by atoms with van der Waals surface area (Å²) in [5, 5.41) is 10.3. The zero-order chi connectivity index (χ0) is 20.1. The molecule has 1 atom stereocenters. The molecule has 0 N–H and O–H groups in total. The van der Waals surface area contributed by atoms with Gasteiger partial charge in [-0.3, -0.25) is 14.5 Å². The quantitative estimate of drug-likeness (QED) is 0.554. The highest BCUT2D eigenvalue weighted by Gasteiger charge is 2.37. The summed E-state index contributed by atoms with van der Waals surface area (Å²) in [7, 11) is 0. The van der Waals surface area contributed by atoms with Crippen LogP contribution in [0.3, 0.4) is 0 Å². The molecular weight excluding hydrogens is 438 g/mol. The fourth-order valence-corrected chi connectivity index (χ4v) is 3.72. The number of benzene rings is 1.